The number of hydrogen-bond acceptors (Lipinski definition) is 4. The lowest BCUT2D eigenvalue weighted by Crippen LogP contribution is -2.41. The van der Waals surface area contributed by atoms with Crippen molar-refractivity contribution in [2.75, 3.05) is 33.3 Å². The van der Waals surface area contributed by atoms with Crippen molar-refractivity contribution in [3.63, 3.8) is 0 Å². The fraction of sp³-hybridized carbons (Fsp3) is 1.00. The third kappa shape index (κ3) is 4.42. The van der Waals surface area contributed by atoms with Crippen molar-refractivity contribution in [2.45, 2.75) is 63.9 Å². The first-order chi connectivity index (χ1) is 9.20. The molecule has 112 valence electrons. The first-order valence-electron chi connectivity index (χ1n) is 7.88. The van der Waals surface area contributed by atoms with E-state index in [0.29, 0.717) is 24.4 Å². The number of ether oxygens (including phenoxy) is 2. The van der Waals surface area contributed by atoms with E-state index in [9.17, 15) is 0 Å². The number of likely N-dealkylation sites (N-methyl/N-ethyl adjacent to an activating group) is 1. The van der Waals surface area contributed by atoms with E-state index in [0.717, 1.165) is 32.7 Å². The highest BCUT2D eigenvalue weighted by atomic mass is 16.5. The maximum Gasteiger partial charge on any atom is 0.0707 e. The standard InChI is InChI=1S/C15H30N2O2/c1-4-8-16-10-13-5-6-14(19-13)11-17(3)15-7-9-18-12(15)2/h12-16H,4-11H2,1-3H3. The third-order valence-electron chi connectivity index (χ3n) is 4.39. The summed E-state index contributed by atoms with van der Waals surface area (Å²) in [5.41, 5.74) is 0. The molecule has 0 saturated carbocycles. The first kappa shape index (κ1) is 15.2. The molecule has 4 heteroatoms. The average Bonchev–Trinajstić information content (AvgIpc) is 2.99. The highest BCUT2D eigenvalue weighted by Gasteiger charge is 2.31. The van der Waals surface area contributed by atoms with Gasteiger partial charge in [0, 0.05) is 25.7 Å². The second kappa shape index (κ2) is 7.58. The summed E-state index contributed by atoms with van der Waals surface area (Å²) in [5, 5.41) is 3.45. The van der Waals surface area contributed by atoms with Crippen LogP contribution in [0.3, 0.4) is 0 Å². The molecule has 4 nitrogen and oxygen atoms in total. The Hall–Kier alpha value is -0.160. The topological polar surface area (TPSA) is 33.7 Å². The van der Waals surface area contributed by atoms with Gasteiger partial charge in [-0.2, -0.15) is 0 Å². The Morgan fingerprint density at radius 2 is 2.00 bits per heavy atom. The van der Waals surface area contributed by atoms with Crippen molar-refractivity contribution in [1.82, 2.24) is 10.2 Å². The van der Waals surface area contributed by atoms with Gasteiger partial charge in [-0.1, -0.05) is 6.92 Å². The second-order valence-corrected chi connectivity index (χ2v) is 6.03. The van der Waals surface area contributed by atoms with Crippen LogP contribution in [0.25, 0.3) is 0 Å². The summed E-state index contributed by atoms with van der Waals surface area (Å²) in [5.74, 6) is 0. The Morgan fingerprint density at radius 3 is 2.68 bits per heavy atom. The van der Waals surface area contributed by atoms with Gasteiger partial charge in [0.1, 0.15) is 0 Å². The molecule has 2 rings (SSSR count). The summed E-state index contributed by atoms with van der Waals surface area (Å²) in [7, 11) is 2.21. The van der Waals surface area contributed by atoms with Crippen molar-refractivity contribution in [3.05, 3.63) is 0 Å². The molecule has 19 heavy (non-hydrogen) atoms. The molecule has 2 aliphatic rings. The minimum Gasteiger partial charge on any atom is -0.377 e. The van der Waals surface area contributed by atoms with Crippen LogP contribution in [0, 0.1) is 0 Å². The predicted molar refractivity (Wildman–Crippen MR) is 77.5 cm³/mol. The maximum absolute atomic E-state index is 6.13. The fourth-order valence-electron chi connectivity index (χ4n) is 3.26. The van der Waals surface area contributed by atoms with Crippen molar-refractivity contribution in [2.24, 2.45) is 0 Å². The zero-order chi connectivity index (χ0) is 13.7. The molecule has 2 saturated heterocycles. The van der Waals surface area contributed by atoms with E-state index in [4.69, 9.17) is 9.47 Å². The molecule has 4 unspecified atom stereocenters. The lowest BCUT2D eigenvalue weighted by atomic mass is 10.1. The Bertz CT molecular complexity index is 263. The van der Waals surface area contributed by atoms with Gasteiger partial charge in [0.25, 0.3) is 0 Å². The highest BCUT2D eigenvalue weighted by Crippen LogP contribution is 2.23. The van der Waals surface area contributed by atoms with Gasteiger partial charge in [-0.25, -0.2) is 0 Å². The zero-order valence-corrected chi connectivity index (χ0v) is 12.7. The average molecular weight is 270 g/mol. The van der Waals surface area contributed by atoms with Crippen LogP contribution in [0.4, 0.5) is 0 Å². The van der Waals surface area contributed by atoms with Crippen LogP contribution in [0.5, 0.6) is 0 Å². The SMILES string of the molecule is CCCNCC1CCC(CN(C)C2CCOC2C)O1. The van der Waals surface area contributed by atoms with Gasteiger partial charge in [0.05, 0.1) is 18.3 Å². The Morgan fingerprint density at radius 1 is 1.21 bits per heavy atom. The molecular weight excluding hydrogens is 240 g/mol. The first-order valence-corrected chi connectivity index (χ1v) is 7.88. The molecule has 0 spiro atoms. The van der Waals surface area contributed by atoms with Crippen LogP contribution < -0.4 is 5.32 Å². The van der Waals surface area contributed by atoms with Crippen molar-refractivity contribution in [1.29, 1.82) is 0 Å². The van der Waals surface area contributed by atoms with Gasteiger partial charge in [0.15, 0.2) is 0 Å². The van der Waals surface area contributed by atoms with Crippen LogP contribution in [0.2, 0.25) is 0 Å². The Kier molecular flexibility index (Phi) is 6.07. The molecule has 0 bridgehead atoms. The maximum atomic E-state index is 6.13. The molecule has 2 heterocycles. The van der Waals surface area contributed by atoms with E-state index >= 15 is 0 Å². The molecule has 4 atom stereocenters. The van der Waals surface area contributed by atoms with Crippen LogP contribution in [0.1, 0.15) is 39.5 Å². The number of nitrogens with zero attached hydrogens (tertiary/aromatic N) is 1. The Balaban J connectivity index is 1.66. The van der Waals surface area contributed by atoms with E-state index in [2.05, 4.69) is 31.1 Å². The number of nitrogens with one attached hydrogen (secondary N) is 1. The van der Waals surface area contributed by atoms with Crippen LogP contribution in [0.15, 0.2) is 0 Å². The molecule has 0 aromatic heterocycles. The van der Waals surface area contributed by atoms with E-state index < -0.39 is 0 Å². The van der Waals surface area contributed by atoms with Gasteiger partial charge >= 0.3 is 0 Å². The smallest absolute Gasteiger partial charge is 0.0707 e. The van der Waals surface area contributed by atoms with Gasteiger partial charge in [-0.15, -0.1) is 0 Å². The van der Waals surface area contributed by atoms with Crippen molar-refractivity contribution >= 4 is 0 Å². The monoisotopic (exact) mass is 270 g/mol. The molecular formula is C15H30N2O2. The van der Waals surface area contributed by atoms with Gasteiger partial charge in [-0.05, 0) is 46.2 Å². The lowest BCUT2D eigenvalue weighted by Gasteiger charge is -2.29. The Labute approximate surface area is 117 Å². The minimum atomic E-state index is 0.369. The minimum absolute atomic E-state index is 0.369. The van der Waals surface area contributed by atoms with E-state index in [1.807, 2.05) is 0 Å². The van der Waals surface area contributed by atoms with Gasteiger partial charge in [-0.3, -0.25) is 4.90 Å². The predicted octanol–water partition coefficient (Wildman–Crippen LogP) is 1.64. The van der Waals surface area contributed by atoms with Gasteiger partial charge in [0.2, 0.25) is 0 Å². The third-order valence-corrected chi connectivity index (χ3v) is 4.39. The normalized spacial score (nSPS) is 35.4. The van der Waals surface area contributed by atoms with E-state index in [-0.39, 0.29) is 0 Å². The fourth-order valence-corrected chi connectivity index (χ4v) is 3.26. The van der Waals surface area contributed by atoms with E-state index in [1.54, 1.807) is 0 Å². The lowest BCUT2D eigenvalue weighted by molar-refractivity contribution is 0.0115. The second-order valence-electron chi connectivity index (χ2n) is 6.03. The zero-order valence-electron chi connectivity index (χ0n) is 12.7. The van der Waals surface area contributed by atoms with Crippen molar-refractivity contribution in [3.8, 4) is 0 Å². The van der Waals surface area contributed by atoms with Gasteiger partial charge < -0.3 is 14.8 Å². The van der Waals surface area contributed by atoms with Crippen LogP contribution in [-0.2, 0) is 9.47 Å². The summed E-state index contributed by atoms with van der Waals surface area (Å²) in [4.78, 5) is 2.43. The molecule has 2 fully saturated rings. The molecule has 2 aliphatic heterocycles. The van der Waals surface area contributed by atoms with Crippen molar-refractivity contribution < 1.29 is 9.47 Å². The molecule has 0 aromatic rings. The summed E-state index contributed by atoms with van der Waals surface area (Å²) < 4.78 is 11.8. The quantitative estimate of drug-likeness (QED) is 0.713. The molecule has 0 aromatic carbocycles. The molecule has 0 aliphatic carbocycles. The van der Waals surface area contributed by atoms with Crippen LogP contribution >= 0.6 is 0 Å². The molecule has 0 amide bonds. The van der Waals surface area contributed by atoms with Crippen LogP contribution in [-0.4, -0.2) is 62.5 Å². The summed E-state index contributed by atoms with van der Waals surface area (Å²) in [6.45, 7) is 8.44. The summed E-state index contributed by atoms with van der Waals surface area (Å²) in [6.07, 6.45) is 5.95. The molecule has 0 radical (unpaired) electrons. The highest BCUT2D eigenvalue weighted by molar-refractivity contribution is 4.84. The number of hydrogen-bond donors (Lipinski definition) is 1. The molecule has 1 N–H and O–H groups in total. The largest absolute Gasteiger partial charge is 0.377 e. The number of rotatable bonds is 7. The summed E-state index contributed by atoms with van der Waals surface area (Å²) in [6, 6.07) is 0.570. The van der Waals surface area contributed by atoms with E-state index in [1.165, 1.54) is 19.3 Å². The summed E-state index contributed by atoms with van der Waals surface area (Å²) >= 11 is 0.